The molecule has 2 aromatic carbocycles. The van der Waals surface area contributed by atoms with Crippen LogP contribution in [0.2, 0.25) is 0 Å². The molecule has 0 radical (unpaired) electrons. The quantitative estimate of drug-likeness (QED) is 0.800. The van der Waals surface area contributed by atoms with Gasteiger partial charge in [-0.2, -0.15) is 0 Å². The van der Waals surface area contributed by atoms with Gasteiger partial charge in [0.2, 0.25) is 11.8 Å². The minimum Gasteiger partial charge on any atom is -0.496 e. The molecule has 0 bridgehead atoms. The Hall–Kier alpha value is -2.82. The lowest BCUT2D eigenvalue weighted by Crippen LogP contribution is -2.36. The lowest BCUT2D eigenvalue weighted by Gasteiger charge is -2.23. The lowest BCUT2D eigenvalue weighted by atomic mass is 9.98. The Balaban J connectivity index is 2.16. The summed E-state index contributed by atoms with van der Waals surface area (Å²) in [7, 11) is 1.59. The SMILES string of the molecule is COc1ccccc1CN(CC(=O)Nc1c(C)cccc1C(C)C)C(C)=O. The van der Waals surface area contributed by atoms with Gasteiger partial charge < -0.3 is 15.0 Å². The number of para-hydroxylation sites is 2. The van der Waals surface area contributed by atoms with E-state index in [2.05, 4.69) is 19.2 Å². The molecule has 2 amide bonds. The van der Waals surface area contributed by atoms with Crippen molar-refractivity contribution in [3.8, 4) is 5.75 Å². The summed E-state index contributed by atoms with van der Waals surface area (Å²) in [5.41, 5.74) is 3.79. The third-order valence-electron chi connectivity index (χ3n) is 4.52. The molecule has 2 aromatic rings. The van der Waals surface area contributed by atoms with Crippen LogP contribution in [-0.2, 0) is 16.1 Å². The van der Waals surface area contributed by atoms with Crippen LogP contribution in [0.15, 0.2) is 42.5 Å². The highest BCUT2D eigenvalue weighted by atomic mass is 16.5. The molecule has 1 N–H and O–H groups in total. The summed E-state index contributed by atoms with van der Waals surface area (Å²) >= 11 is 0. The van der Waals surface area contributed by atoms with E-state index in [1.165, 1.54) is 11.8 Å². The van der Waals surface area contributed by atoms with E-state index in [9.17, 15) is 9.59 Å². The summed E-state index contributed by atoms with van der Waals surface area (Å²) in [6.07, 6.45) is 0. The first-order valence-corrected chi connectivity index (χ1v) is 9.10. The Morgan fingerprint density at radius 2 is 1.81 bits per heavy atom. The van der Waals surface area contributed by atoms with Crippen LogP contribution in [-0.4, -0.2) is 30.4 Å². The van der Waals surface area contributed by atoms with Crippen molar-refractivity contribution in [2.24, 2.45) is 0 Å². The van der Waals surface area contributed by atoms with Gasteiger partial charge in [0.1, 0.15) is 12.3 Å². The number of benzene rings is 2. The third-order valence-corrected chi connectivity index (χ3v) is 4.52. The fourth-order valence-electron chi connectivity index (χ4n) is 3.01. The number of nitrogens with one attached hydrogen (secondary N) is 1. The first-order chi connectivity index (χ1) is 12.8. The minimum absolute atomic E-state index is 0.0146. The van der Waals surface area contributed by atoms with E-state index in [-0.39, 0.29) is 24.3 Å². The molecule has 0 spiro atoms. The molecule has 144 valence electrons. The van der Waals surface area contributed by atoms with Crippen molar-refractivity contribution in [2.45, 2.75) is 40.2 Å². The zero-order valence-electron chi connectivity index (χ0n) is 16.7. The van der Waals surface area contributed by atoms with Crippen LogP contribution >= 0.6 is 0 Å². The van der Waals surface area contributed by atoms with Gasteiger partial charge in [-0.1, -0.05) is 50.2 Å². The molecule has 27 heavy (non-hydrogen) atoms. The zero-order valence-corrected chi connectivity index (χ0v) is 16.7. The fourth-order valence-corrected chi connectivity index (χ4v) is 3.01. The summed E-state index contributed by atoms with van der Waals surface area (Å²) in [5, 5.41) is 3.00. The van der Waals surface area contributed by atoms with Gasteiger partial charge in [-0.05, 0) is 30.0 Å². The van der Waals surface area contributed by atoms with Crippen molar-refractivity contribution in [2.75, 3.05) is 19.0 Å². The molecule has 0 unspecified atom stereocenters. The first-order valence-electron chi connectivity index (χ1n) is 9.10. The number of methoxy groups -OCH3 is 1. The summed E-state index contributed by atoms with van der Waals surface area (Å²) < 4.78 is 5.35. The van der Waals surface area contributed by atoms with E-state index in [4.69, 9.17) is 4.74 Å². The number of amides is 2. The molecule has 0 aromatic heterocycles. The number of carbonyl (C=O) groups is 2. The van der Waals surface area contributed by atoms with Crippen LogP contribution in [0.25, 0.3) is 0 Å². The van der Waals surface area contributed by atoms with Gasteiger partial charge in [-0.15, -0.1) is 0 Å². The Bertz CT molecular complexity index is 815. The zero-order chi connectivity index (χ0) is 20.0. The number of anilines is 1. The van der Waals surface area contributed by atoms with Gasteiger partial charge in [0.15, 0.2) is 0 Å². The number of hydrogen-bond donors (Lipinski definition) is 1. The maximum atomic E-state index is 12.7. The number of rotatable bonds is 7. The summed E-state index contributed by atoms with van der Waals surface area (Å²) in [6, 6.07) is 13.5. The van der Waals surface area contributed by atoms with Crippen molar-refractivity contribution >= 4 is 17.5 Å². The highest BCUT2D eigenvalue weighted by Gasteiger charge is 2.18. The highest BCUT2D eigenvalue weighted by molar-refractivity contribution is 5.95. The molecule has 0 saturated carbocycles. The van der Waals surface area contributed by atoms with Crippen molar-refractivity contribution in [1.82, 2.24) is 4.90 Å². The molecule has 0 atom stereocenters. The monoisotopic (exact) mass is 368 g/mol. The number of aryl methyl sites for hydroxylation is 1. The van der Waals surface area contributed by atoms with Crippen LogP contribution in [0.5, 0.6) is 5.75 Å². The second-order valence-corrected chi connectivity index (χ2v) is 6.93. The molecule has 0 fully saturated rings. The standard InChI is InChI=1S/C22H28N2O3/c1-15(2)19-11-8-9-16(3)22(19)23-21(26)14-24(17(4)25)13-18-10-6-7-12-20(18)27-5/h6-12,15H,13-14H2,1-5H3,(H,23,26). The van der Waals surface area contributed by atoms with Crippen LogP contribution in [0.4, 0.5) is 5.69 Å². The minimum atomic E-state index is -0.212. The summed E-state index contributed by atoms with van der Waals surface area (Å²) in [5.74, 6) is 0.615. The lowest BCUT2D eigenvalue weighted by molar-refractivity contribution is -0.133. The van der Waals surface area contributed by atoms with Gasteiger partial charge in [0.25, 0.3) is 0 Å². The predicted octanol–water partition coefficient (Wildman–Crippen LogP) is 4.11. The van der Waals surface area contributed by atoms with Gasteiger partial charge in [0.05, 0.1) is 7.11 Å². The average molecular weight is 368 g/mol. The molecule has 5 heteroatoms. The highest BCUT2D eigenvalue weighted by Crippen LogP contribution is 2.27. The topological polar surface area (TPSA) is 58.6 Å². The Labute approximate surface area is 161 Å². The van der Waals surface area contributed by atoms with Crippen LogP contribution in [0.3, 0.4) is 0 Å². The van der Waals surface area contributed by atoms with Crippen molar-refractivity contribution in [3.63, 3.8) is 0 Å². The maximum absolute atomic E-state index is 12.7. The normalized spacial score (nSPS) is 10.6. The average Bonchev–Trinajstić information content (AvgIpc) is 2.63. The molecule has 0 heterocycles. The molecule has 2 rings (SSSR count). The third kappa shape index (κ3) is 5.33. The molecule has 5 nitrogen and oxygen atoms in total. The molecular weight excluding hydrogens is 340 g/mol. The summed E-state index contributed by atoms with van der Waals surface area (Å²) in [6.45, 7) is 7.92. The van der Waals surface area contributed by atoms with Crippen LogP contribution < -0.4 is 10.1 Å². The molecular formula is C22H28N2O3. The summed E-state index contributed by atoms with van der Waals surface area (Å²) in [4.78, 5) is 26.3. The molecule has 0 aliphatic heterocycles. The molecule has 0 aliphatic carbocycles. The molecule has 0 aliphatic rings. The van der Waals surface area contributed by atoms with E-state index in [1.54, 1.807) is 7.11 Å². The van der Waals surface area contributed by atoms with Crippen molar-refractivity contribution in [3.05, 3.63) is 59.2 Å². The fraction of sp³-hybridized carbons (Fsp3) is 0.364. The Kier molecular flexibility index (Phi) is 6.99. The second kappa shape index (κ2) is 9.21. The number of ether oxygens (including phenoxy) is 1. The van der Waals surface area contributed by atoms with Crippen molar-refractivity contribution in [1.29, 1.82) is 0 Å². The van der Waals surface area contributed by atoms with E-state index in [1.807, 2.05) is 49.4 Å². The van der Waals surface area contributed by atoms with E-state index >= 15 is 0 Å². The Morgan fingerprint density at radius 1 is 1.11 bits per heavy atom. The number of carbonyl (C=O) groups excluding carboxylic acids is 2. The van der Waals surface area contributed by atoms with Crippen molar-refractivity contribution < 1.29 is 14.3 Å². The number of hydrogen-bond acceptors (Lipinski definition) is 3. The largest absolute Gasteiger partial charge is 0.496 e. The first kappa shape index (κ1) is 20.5. The maximum Gasteiger partial charge on any atom is 0.244 e. The van der Waals surface area contributed by atoms with E-state index in [0.29, 0.717) is 12.3 Å². The van der Waals surface area contributed by atoms with Crippen LogP contribution in [0, 0.1) is 6.92 Å². The van der Waals surface area contributed by atoms with E-state index < -0.39 is 0 Å². The predicted molar refractivity (Wildman–Crippen MR) is 108 cm³/mol. The second-order valence-electron chi connectivity index (χ2n) is 6.93. The van der Waals surface area contributed by atoms with Gasteiger partial charge >= 0.3 is 0 Å². The van der Waals surface area contributed by atoms with Gasteiger partial charge in [0, 0.05) is 24.7 Å². The Morgan fingerprint density at radius 3 is 2.44 bits per heavy atom. The van der Waals surface area contributed by atoms with Crippen LogP contribution in [0.1, 0.15) is 43.4 Å². The molecule has 0 saturated heterocycles. The number of nitrogens with zero attached hydrogens (tertiary/aromatic N) is 1. The van der Waals surface area contributed by atoms with E-state index in [0.717, 1.165) is 22.4 Å². The van der Waals surface area contributed by atoms with Gasteiger partial charge in [-0.3, -0.25) is 9.59 Å². The van der Waals surface area contributed by atoms with Gasteiger partial charge in [-0.25, -0.2) is 0 Å². The smallest absolute Gasteiger partial charge is 0.244 e.